The van der Waals surface area contributed by atoms with Crippen molar-refractivity contribution < 1.29 is 0 Å². The Morgan fingerprint density at radius 1 is 1.16 bits per heavy atom. The summed E-state index contributed by atoms with van der Waals surface area (Å²) in [4.78, 5) is 6.87. The molecule has 3 fully saturated rings. The number of anilines is 1. The molecule has 1 aliphatic heterocycles. The second-order valence-corrected chi connectivity index (χ2v) is 13.9. The van der Waals surface area contributed by atoms with Gasteiger partial charge in [-0.2, -0.15) is 0 Å². The molecule has 2 heterocycles. The highest BCUT2D eigenvalue weighted by atomic mass is 32.1. The van der Waals surface area contributed by atoms with Gasteiger partial charge in [-0.15, -0.1) is 12.6 Å². The number of nitrogens with two attached hydrogens (primary N) is 1. The van der Waals surface area contributed by atoms with Gasteiger partial charge in [0.25, 0.3) is 0 Å². The second kappa shape index (κ2) is 15.2. The fourth-order valence-electron chi connectivity index (χ4n) is 6.76. The van der Waals surface area contributed by atoms with Crippen LogP contribution in [0.5, 0.6) is 0 Å². The van der Waals surface area contributed by atoms with Gasteiger partial charge in [-0.1, -0.05) is 19.2 Å². The van der Waals surface area contributed by atoms with E-state index in [0.29, 0.717) is 17.5 Å². The number of aromatic nitrogens is 1. The first kappa shape index (κ1) is 33.0. The first-order valence-corrected chi connectivity index (χ1v) is 16.7. The van der Waals surface area contributed by atoms with Gasteiger partial charge in [0.2, 0.25) is 0 Å². The summed E-state index contributed by atoms with van der Waals surface area (Å²) < 4.78 is 0. The van der Waals surface area contributed by atoms with Crippen LogP contribution in [0.1, 0.15) is 91.4 Å². The average Bonchev–Trinajstić information content (AvgIpc) is 3.87. The normalized spacial score (nSPS) is 20.6. The summed E-state index contributed by atoms with van der Waals surface area (Å²) in [5, 5.41) is 15.8. The van der Waals surface area contributed by atoms with Crippen LogP contribution in [-0.4, -0.2) is 33.7 Å². The van der Waals surface area contributed by atoms with Gasteiger partial charge in [0.15, 0.2) is 0 Å². The van der Waals surface area contributed by atoms with E-state index in [-0.39, 0.29) is 5.54 Å². The zero-order valence-electron chi connectivity index (χ0n) is 26.7. The summed E-state index contributed by atoms with van der Waals surface area (Å²) in [5.41, 5.74) is 10.3. The van der Waals surface area contributed by atoms with Gasteiger partial charge in [-0.05, 0) is 140 Å². The second-order valence-electron chi connectivity index (χ2n) is 13.5. The number of thiol groups is 1. The maximum absolute atomic E-state index is 8.36. The molecular formula is C36H54N6S. The number of rotatable bonds is 18. The highest BCUT2D eigenvalue weighted by Gasteiger charge is 2.41. The zero-order valence-corrected chi connectivity index (χ0v) is 27.6. The molecule has 1 saturated heterocycles. The fourth-order valence-corrected chi connectivity index (χ4v) is 6.96. The number of hydrogen-bond donors (Lipinski definition) is 5. The Balaban J connectivity index is 1.27. The molecular weight excluding hydrogens is 549 g/mol. The summed E-state index contributed by atoms with van der Waals surface area (Å²) in [7, 11) is 0. The van der Waals surface area contributed by atoms with Crippen molar-refractivity contribution in [2.24, 2.45) is 23.5 Å². The number of likely N-dealkylation sites (tertiary alicyclic amines) is 1. The monoisotopic (exact) mass is 602 g/mol. The van der Waals surface area contributed by atoms with Gasteiger partial charge in [-0.25, -0.2) is 4.98 Å². The Labute approximate surface area is 266 Å². The third-order valence-electron chi connectivity index (χ3n) is 9.34. The van der Waals surface area contributed by atoms with Crippen molar-refractivity contribution in [3.63, 3.8) is 0 Å². The van der Waals surface area contributed by atoms with Gasteiger partial charge in [0, 0.05) is 52.7 Å². The number of nitrogens with one attached hydrogen (secondary N) is 3. The Morgan fingerprint density at radius 2 is 1.88 bits per heavy atom. The SMILES string of the molecule is C=C(N)/C(=C/C=C(\C)N/C=C\C(=N)CCCC(C1CC1)C1CC1)C(=C)N1C(CCCNc2cccc(S)n2)CCC1(C)C. The average molecular weight is 603 g/mol. The molecule has 1 aromatic heterocycles. The van der Waals surface area contributed by atoms with Crippen LogP contribution in [0, 0.1) is 23.2 Å². The molecule has 0 amide bonds. The van der Waals surface area contributed by atoms with Gasteiger partial charge >= 0.3 is 0 Å². The number of allylic oxidation sites excluding steroid dienone is 4. The quantitative estimate of drug-likeness (QED) is 0.0504. The topological polar surface area (TPSA) is 90.1 Å². The van der Waals surface area contributed by atoms with E-state index in [1.54, 1.807) is 0 Å². The molecule has 7 heteroatoms. The summed E-state index contributed by atoms with van der Waals surface area (Å²) >= 11 is 4.33. The van der Waals surface area contributed by atoms with Gasteiger partial charge in [0.1, 0.15) is 5.82 Å². The lowest BCUT2D eigenvalue weighted by molar-refractivity contribution is 0.177. The van der Waals surface area contributed by atoms with Crippen LogP contribution >= 0.6 is 12.6 Å². The molecule has 5 N–H and O–H groups in total. The minimum absolute atomic E-state index is 0.0108. The van der Waals surface area contributed by atoms with E-state index in [0.717, 1.165) is 90.6 Å². The molecule has 0 aromatic carbocycles. The van der Waals surface area contributed by atoms with Gasteiger partial charge in [0.05, 0.1) is 5.03 Å². The maximum Gasteiger partial charge on any atom is 0.127 e. The molecule has 0 spiro atoms. The zero-order chi connectivity index (χ0) is 31.0. The molecule has 6 nitrogen and oxygen atoms in total. The fraction of sp³-hybridized carbons (Fsp3) is 0.556. The lowest BCUT2D eigenvalue weighted by Gasteiger charge is -2.40. The molecule has 43 heavy (non-hydrogen) atoms. The van der Waals surface area contributed by atoms with E-state index in [9.17, 15) is 0 Å². The van der Waals surface area contributed by atoms with Crippen LogP contribution in [0.4, 0.5) is 5.82 Å². The number of pyridine rings is 1. The van der Waals surface area contributed by atoms with E-state index < -0.39 is 0 Å². The molecule has 1 aromatic rings. The molecule has 1 atom stereocenters. The Bertz CT molecular complexity index is 1220. The smallest absolute Gasteiger partial charge is 0.127 e. The van der Waals surface area contributed by atoms with E-state index >= 15 is 0 Å². The van der Waals surface area contributed by atoms with Crippen LogP contribution in [0.3, 0.4) is 0 Å². The maximum atomic E-state index is 8.36. The van der Waals surface area contributed by atoms with Crippen molar-refractivity contribution in [1.29, 1.82) is 5.41 Å². The van der Waals surface area contributed by atoms with Crippen LogP contribution in [-0.2, 0) is 0 Å². The summed E-state index contributed by atoms with van der Waals surface area (Å²) in [6.07, 6.45) is 21.2. The molecule has 3 aliphatic rings. The summed E-state index contributed by atoms with van der Waals surface area (Å²) in [5.74, 6) is 3.79. The third kappa shape index (κ3) is 10.1. The molecule has 2 aliphatic carbocycles. The van der Waals surface area contributed by atoms with Crippen molar-refractivity contribution >= 4 is 24.2 Å². The summed E-state index contributed by atoms with van der Waals surface area (Å²) in [6.45, 7) is 16.0. The van der Waals surface area contributed by atoms with E-state index in [1.807, 2.05) is 49.6 Å². The molecule has 1 unspecified atom stereocenters. The van der Waals surface area contributed by atoms with Gasteiger partial charge in [-0.3, -0.25) is 0 Å². The molecule has 0 bridgehead atoms. The van der Waals surface area contributed by atoms with E-state index in [2.05, 4.69) is 60.2 Å². The predicted molar refractivity (Wildman–Crippen MR) is 185 cm³/mol. The van der Waals surface area contributed by atoms with Crippen molar-refractivity contribution in [2.75, 3.05) is 11.9 Å². The van der Waals surface area contributed by atoms with E-state index in [4.69, 9.17) is 11.1 Å². The first-order chi connectivity index (χ1) is 20.5. The summed E-state index contributed by atoms with van der Waals surface area (Å²) in [6, 6.07) is 6.20. The molecule has 234 valence electrons. The van der Waals surface area contributed by atoms with Crippen LogP contribution in [0.25, 0.3) is 0 Å². The highest BCUT2D eigenvalue weighted by molar-refractivity contribution is 7.80. The first-order valence-electron chi connectivity index (χ1n) is 16.3. The largest absolute Gasteiger partial charge is 0.399 e. The highest BCUT2D eigenvalue weighted by Crippen LogP contribution is 2.51. The Kier molecular flexibility index (Phi) is 11.6. The Morgan fingerprint density at radius 3 is 2.53 bits per heavy atom. The van der Waals surface area contributed by atoms with E-state index in [1.165, 1.54) is 32.1 Å². The van der Waals surface area contributed by atoms with Crippen LogP contribution in [0.2, 0.25) is 0 Å². The van der Waals surface area contributed by atoms with Crippen LogP contribution in [0.15, 0.2) is 83.5 Å². The minimum Gasteiger partial charge on any atom is -0.399 e. The van der Waals surface area contributed by atoms with Crippen molar-refractivity contribution in [1.82, 2.24) is 15.2 Å². The van der Waals surface area contributed by atoms with Crippen molar-refractivity contribution in [3.8, 4) is 0 Å². The number of hydrogen-bond acceptors (Lipinski definition) is 7. The van der Waals surface area contributed by atoms with Crippen molar-refractivity contribution in [3.05, 3.63) is 78.4 Å². The van der Waals surface area contributed by atoms with Gasteiger partial charge < -0.3 is 26.7 Å². The Hall–Kier alpha value is -2.93. The lowest BCUT2D eigenvalue weighted by Crippen LogP contribution is -2.42. The third-order valence-corrected chi connectivity index (χ3v) is 9.59. The molecule has 0 radical (unpaired) electrons. The predicted octanol–water partition coefficient (Wildman–Crippen LogP) is 8.35. The lowest BCUT2D eigenvalue weighted by atomic mass is 9.91. The molecule has 2 saturated carbocycles. The van der Waals surface area contributed by atoms with Crippen LogP contribution < -0.4 is 16.4 Å². The standard InChI is InChI=1S/C36H54N6S/c1-25(39-24-21-30(38)9-6-11-33(28-15-16-28)29-17-18-29)14-19-32(26(2)37)27(3)42-31(20-22-36(42,4)5)10-8-23-40-34-12-7-13-35(43)41-34/h7,12-14,19,21,24,28-29,31,33,38-39H,2-3,6,8-11,15-18,20,22-23,37H2,1,4-5H3,(H2,40,41,43)/b24-21-,25-14+,32-19-,38-30?. The minimum atomic E-state index is -0.0108. The molecule has 4 rings (SSSR count). The number of nitrogens with zero attached hydrogens (tertiary/aromatic N) is 2. The van der Waals surface area contributed by atoms with Crippen molar-refractivity contribution in [2.45, 2.75) is 108 Å².